The minimum atomic E-state index is 0.680. The highest BCUT2D eigenvalue weighted by molar-refractivity contribution is 6.32. The summed E-state index contributed by atoms with van der Waals surface area (Å²) in [5.74, 6) is 1.52. The number of hydrogen-bond donors (Lipinski definition) is 1. The standard InChI is InChI=1S/C15H23ClN2O/c1-3-18-7-6-13(11-18)10-17-9-12-4-5-15(19-2)14(16)8-12/h4-5,8,13,17H,3,6-7,9-11H2,1-2H3. The normalized spacial score (nSPS) is 19.8. The van der Waals surface area contributed by atoms with Crippen LogP contribution in [0.5, 0.6) is 5.75 Å². The van der Waals surface area contributed by atoms with Crippen LogP contribution in [0.15, 0.2) is 18.2 Å². The zero-order chi connectivity index (χ0) is 13.7. The lowest BCUT2D eigenvalue weighted by molar-refractivity contribution is 0.339. The monoisotopic (exact) mass is 282 g/mol. The van der Waals surface area contributed by atoms with E-state index in [1.165, 1.54) is 31.6 Å². The average molecular weight is 283 g/mol. The molecule has 106 valence electrons. The summed E-state index contributed by atoms with van der Waals surface area (Å²) in [6, 6.07) is 5.96. The van der Waals surface area contributed by atoms with Crippen molar-refractivity contribution in [2.45, 2.75) is 19.9 Å². The van der Waals surface area contributed by atoms with Crippen molar-refractivity contribution in [2.75, 3.05) is 33.3 Å². The van der Waals surface area contributed by atoms with Crippen molar-refractivity contribution in [3.63, 3.8) is 0 Å². The molecule has 1 atom stereocenters. The number of nitrogens with one attached hydrogen (secondary N) is 1. The largest absolute Gasteiger partial charge is 0.495 e. The molecule has 1 saturated heterocycles. The molecule has 1 fully saturated rings. The molecule has 1 heterocycles. The van der Waals surface area contributed by atoms with Gasteiger partial charge in [-0.15, -0.1) is 0 Å². The third-order valence-corrected chi connectivity index (χ3v) is 4.09. The molecule has 0 bridgehead atoms. The van der Waals surface area contributed by atoms with Crippen LogP contribution in [0.25, 0.3) is 0 Å². The first-order valence-corrected chi connectivity index (χ1v) is 7.36. The van der Waals surface area contributed by atoms with Gasteiger partial charge in [0.2, 0.25) is 0 Å². The second-order valence-corrected chi connectivity index (χ2v) is 5.55. The molecule has 0 amide bonds. The molecular weight excluding hydrogens is 260 g/mol. The fraction of sp³-hybridized carbons (Fsp3) is 0.600. The molecule has 0 saturated carbocycles. The van der Waals surface area contributed by atoms with Gasteiger partial charge in [0.25, 0.3) is 0 Å². The highest BCUT2D eigenvalue weighted by Crippen LogP contribution is 2.24. The van der Waals surface area contributed by atoms with Gasteiger partial charge in [0.05, 0.1) is 12.1 Å². The first kappa shape index (κ1) is 14.6. The number of hydrogen-bond acceptors (Lipinski definition) is 3. The van der Waals surface area contributed by atoms with E-state index in [-0.39, 0.29) is 0 Å². The van der Waals surface area contributed by atoms with E-state index in [0.29, 0.717) is 5.02 Å². The summed E-state index contributed by atoms with van der Waals surface area (Å²) in [7, 11) is 1.64. The van der Waals surface area contributed by atoms with Gasteiger partial charge in [-0.1, -0.05) is 24.6 Å². The van der Waals surface area contributed by atoms with Crippen LogP contribution in [0.1, 0.15) is 18.9 Å². The third-order valence-electron chi connectivity index (χ3n) is 3.80. The summed E-state index contributed by atoms with van der Waals surface area (Å²) in [4.78, 5) is 2.51. The molecule has 19 heavy (non-hydrogen) atoms. The summed E-state index contributed by atoms with van der Waals surface area (Å²) in [5.41, 5.74) is 1.20. The Hall–Kier alpha value is -0.770. The maximum Gasteiger partial charge on any atom is 0.137 e. The zero-order valence-electron chi connectivity index (χ0n) is 11.8. The van der Waals surface area contributed by atoms with E-state index in [2.05, 4.69) is 23.2 Å². The Morgan fingerprint density at radius 1 is 1.47 bits per heavy atom. The molecule has 1 aromatic rings. The van der Waals surface area contributed by atoms with Crippen LogP contribution in [0.3, 0.4) is 0 Å². The van der Waals surface area contributed by atoms with E-state index in [4.69, 9.17) is 16.3 Å². The minimum Gasteiger partial charge on any atom is -0.495 e. The van der Waals surface area contributed by atoms with E-state index in [0.717, 1.165) is 24.8 Å². The maximum atomic E-state index is 6.11. The molecule has 3 nitrogen and oxygen atoms in total. The summed E-state index contributed by atoms with van der Waals surface area (Å²) >= 11 is 6.11. The number of methoxy groups -OCH3 is 1. The average Bonchev–Trinajstić information content (AvgIpc) is 2.87. The first-order chi connectivity index (χ1) is 9.22. The smallest absolute Gasteiger partial charge is 0.137 e. The Morgan fingerprint density at radius 3 is 2.95 bits per heavy atom. The first-order valence-electron chi connectivity index (χ1n) is 6.98. The number of nitrogens with zero attached hydrogens (tertiary/aromatic N) is 1. The summed E-state index contributed by atoms with van der Waals surface area (Å²) in [6.45, 7) is 7.83. The van der Waals surface area contributed by atoms with Gasteiger partial charge in [-0.05, 0) is 49.7 Å². The molecule has 1 aliphatic rings. The summed E-state index contributed by atoms with van der Waals surface area (Å²) in [5, 5.41) is 4.21. The molecule has 1 aromatic carbocycles. The van der Waals surface area contributed by atoms with Gasteiger partial charge in [0.15, 0.2) is 0 Å². The molecule has 1 unspecified atom stereocenters. The van der Waals surface area contributed by atoms with E-state index < -0.39 is 0 Å². The Bertz CT molecular complexity index is 411. The van der Waals surface area contributed by atoms with Crippen molar-refractivity contribution in [1.29, 1.82) is 0 Å². The van der Waals surface area contributed by atoms with Crippen LogP contribution in [-0.4, -0.2) is 38.2 Å². The van der Waals surface area contributed by atoms with Crippen molar-refractivity contribution < 1.29 is 4.74 Å². The highest BCUT2D eigenvalue weighted by Gasteiger charge is 2.20. The lowest BCUT2D eigenvalue weighted by atomic mass is 10.1. The lowest BCUT2D eigenvalue weighted by Gasteiger charge is -2.14. The molecule has 0 aliphatic carbocycles. The Kier molecular flexibility index (Phi) is 5.49. The van der Waals surface area contributed by atoms with Gasteiger partial charge in [-0.2, -0.15) is 0 Å². The number of ether oxygens (including phenoxy) is 1. The second kappa shape index (κ2) is 7.13. The molecule has 1 N–H and O–H groups in total. The number of rotatable bonds is 6. The summed E-state index contributed by atoms with van der Waals surface area (Å²) < 4.78 is 5.15. The van der Waals surface area contributed by atoms with E-state index in [1.807, 2.05) is 12.1 Å². The number of likely N-dealkylation sites (tertiary alicyclic amines) is 1. The fourth-order valence-corrected chi connectivity index (χ4v) is 2.89. The van der Waals surface area contributed by atoms with Crippen LogP contribution in [0, 0.1) is 5.92 Å². The predicted octanol–water partition coefficient (Wildman–Crippen LogP) is 2.78. The van der Waals surface area contributed by atoms with Crippen molar-refractivity contribution in [3.05, 3.63) is 28.8 Å². The van der Waals surface area contributed by atoms with Crippen LogP contribution < -0.4 is 10.1 Å². The van der Waals surface area contributed by atoms with Crippen LogP contribution in [-0.2, 0) is 6.54 Å². The minimum absolute atomic E-state index is 0.680. The summed E-state index contributed by atoms with van der Waals surface area (Å²) in [6.07, 6.45) is 1.31. The van der Waals surface area contributed by atoms with Crippen LogP contribution in [0.4, 0.5) is 0 Å². The predicted molar refractivity (Wildman–Crippen MR) is 79.9 cm³/mol. The third kappa shape index (κ3) is 4.10. The topological polar surface area (TPSA) is 24.5 Å². The molecule has 0 spiro atoms. The molecule has 2 rings (SSSR count). The number of benzene rings is 1. The maximum absolute atomic E-state index is 6.11. The van der Waals surface area contributed by atoms with Crippen molar-refractivity contribution in [3.8, 4) is 5.75 Å². The van der Waals surface area contributed by atoms with E-state index in [1.54, 1.807) is 7.11 Å². The Balaban J connectivity index is 1.75. The second-order valence-electron chi connectivity index (χ2n) is 5.15. The lowest BCUT2D eigenvalue weighted by Crippen LogP contribution is -2.26. The molecule has 4 heteroatoms. The molecule has 1 aliphatic heterocycles. The van der Waals surface area contributed by atoms with Gasteiger partial charge in [0, 0.05) is 13.1 Å². The van der Waals surface area contributed by atoms with Gasteiger partial charge in [-0.3, -0.25) is 0 Å². The number of halogens is 1. The van der Waals surface area contributed by atoms with Gasteiger partial charge in [0.1, 0.15) is 5.75 Å². The quantitative estimate of drug-likeness (QED) is 0.868. The van der Waals surface area contributed by atoms with Crippen molar-refractivity contribution in [1.82, 2.24) is 10.2 Å². The van der Waals surface area contributed by atoms with Crippen LogP contribution >= 0.6 is 11.6 Å². The van der Waals surface area contributed by atoms with E-state index in [9.17, 15) is 0 Å². The van der Waals surface area contributed by atoms with Crippen molar-refractivity contribution in [2.24, 2.45) is 5.92 Å². The van der Waals surface area contributed by atoms with Gasteiger partial charge >= 0.3 is 0 Å². The Morgan fingerprint density at radius 2 is 2.32 bits per heavy atom. The van der Waals surface area contributed by atoms with Gasteiger partial charge in [-0.25, -0.2) is 0 Å². The van der Waals surface area contributed by atoms with Crippen LogP contribution in [0.2, 0.25) is 5.02 Å². The Labute approximate surface area is 120 Å². The highest BCUT2D eigenvalue weighted by atomic mass is 35.5. The molecular formula is C15H23ClN2O. The molecule has 0 radical (unpaired) electrons. The fourth-order valence-electron chi connectivity index (χ4n) is 2.61. The molecule has 0 aromatic heterocycles. The van der Waals surface area contributed by atoms with Gasteiger partial charge < -0.3 is 15.0 Å². The van der Waals surface area contributed by atoms with Crippen molar-refractivity contribution >= 4 is 11.6 Å². The van der Waals surface area contributed by atoms with E-state index >= 15 is 0 Å². The SMILES string of the molecule is CCN1CCC(CNCc2ccc(OC)c(Cl)c2)C1. The zero-order valence-corrected chi connectivity index (χ0v) is 12.5.